The van der Waals surface area contributed by atoms with Gasteiger partial charge in [-0.3, -0.25) is 0 Å². The minimum atomic E-state index is -0.157. The minimum Gasteiger partial charge on any atom is -0.328 e. The quantitative estimate of drug-likeness (QED) is 0.832. The lowest BCUT2D eigenvalue weighted by atomic mass is 9.92. The van der Waals surface area contributed by atoms with Crippen LogP contribution in [0.15, 0.2) is 60.7 Å². The molecule has 2 aromatic carbocycles. The van der Waals surface area contributed by atoms with E-state index in [2.05, 4.69) is 60.8 Å². The van der Waals surface area contributed by atoms with Gasteiger partial charge in [0.2, 0.25) is 0 Å². The number of benzene rings is 2. The van der Waals surface area contributed by atoms with Gasteiger partial charge < -0.3 is 11.1 Å². The fourth-order valence-corrected chi connectivity index (χ4v) is 2.23. The smallest absolute Gasteiger partial charge is 0.0530 e. The molecule has 3 N–H and O–H groups in total. The van der Waals surface area contributed by atoms with Crippen LogP contribution in [0.1, 0.15) is 18.1 Å². The highest BCUT2D eigenvalue weighted by Gasteiger charge is 2.23. The van der Waals surface area contributed by atoms with Gasteiger partial charge in [-0.05, 0) is 24.5 Å². The molecule has 0 aliphatic rings. The van der Waals surface area contributed by atoms with Crippen LogP contribution in [0.3, 0.4) is 0 Å². The van der Waals surface area contributed by atoms with Crippen LogP contribution >= 0.6 is 0 Å². The topological polar surface area (TPSA) is 38.0 Å². The third-order valence-corrected chi connectivity index (χ3v) is 3.59. The SMILES string of the molecule is CC(CN)(NCCc1ccccc1)c1ccccc1. The van der Waals surface area contributed by atoms with Gasteiger partial charge in [0.1, 0.15) is 0 Å². The second-order valence-electron chi connectivity index (χ2n) is 5.06. The van der Waals surface area contributed by atoms with Crippen LogP contribution in [0.4, 0.5) is 0 Å². The summed E-state index contributed by atoms with van der Waals surface area (Å²) in [5.74, 6) is 0. The van der Waals surface area contributed by atoms with Crippen LogP contribution in [0, 0.1) is 0 Å². The maximum absolute atomic E-state index is 5.96. The Labute approximate surface area is 115 Å². The molecule has 0 saturated heterocycles. The van der Waals surface area contributed by atoms with Gasteiger partial charge >= 0.3 is 0 Å². The first kappa shape index (κ1) is 13.8. The maximum Gasteiger partial charge on any atom is 0.0530 e. The van der Waals surface area contributed by atoms with E-state index >= 15 is 0 Å². The van der Waals surface area contributed by atoms with Crippen LogP contribution in [0.25, 0.3) is 0 Å². The number of nitrogens with two attached hydrogens (primary N) is 1. The monoisotopic (exact) mass is 254 g/mol. The van der Waals surface area contributed by atoms with Gasteiger partial charge in [0.15, 0.2) is 0 Å². The Morgan fingerprint density at radius 2 is 1.53 bits per heavy atom. The summed E-state index contributed by atoms with van der Waals surface area (Å²) in [6.07, 6.45) is 1.02. The number of nitrogens with one attached hydrogen (secondary N) is 1. The van der Waals surface area contributed by atoms with Gasteiger partial charge in [-0.25, -0.2) is 0 Å². The lowest BCUT2D eigenvalue weighted by molar-refractivity contribution is 0.379. The molecular formula is C17H22N2. The van der Waals surface area contributed by atoms with Gasteiger partial charge in [0, 0.05) is 13.1 Å². The zero-order valence-corrected chi connectivity index (χ0v) is 11.5. The zero-order valence-electron chi connectivity index (χ0n) is 11.5. The minimum absolute atomic E-state index is 0.157. The Kier molecular flexibility index (Phi) is 4.72. The van der Waals surface area contributed by atoms with E-state index in [1.807, 2.05) is 12.1 Å². The molecule has 0 aliphatic heterocycles. The molecule has 0 radical (unpaired) electrons. The lowest BCUT2D eigenvalue weighted by Gasteiger charge is -2.30. The molecule has 0 spiro atoms. The van der Waals surface area contributed by atoms with Crippen LogP contribution < -0.4 is 11.1 Å². The molecule has 0 aromatic heterocycles. The molecule has 19 heavy (non-hydrogen) atoms. The fraction of sp³-hybridized carbons (Fsp3) is 0.294. The number of hydrogen-bond donors (Lipinski definition) is 2. The van der Waals surface area contributed by atoms with Crippen LogP contribution in [-0.4, -0.2) is 13.1 Å². The molecule has 0 bridgehead atoms. The second-order valence-corrected chi connectivity index (χ2v) is 5.06. The van der Waals surface area contributed by atoms with Crippen molar-refractivity contribution < 1.29 is 0 Å². The van der Waals surface area contributed by atoms with Crippen LogP contribution in [0.5, 0.6) is 0 Å². The highest BCUT2D eigenvalue weighted by Crippen LogP contribution is 2.18. The number of rotatable bonds is 6. The first-order valence-corrected chi connectivity index (χ1v) is 6.79. The predicted molar refractivity (Wildman–Crippen MR) is 81.0 cm³/mol. The molecule has 2 heteroatoms. The Balaban J connectivity index is 1.96. The Morgan fingerprint density at radius 1 is 0.947 bits per heavy atom. The normalized spacial score (nSPS) is 14.0. The Bertz CT molecular complexity index is 481. The first-order chi connectivity index (χ1) is 9.24. The average molecular weight is 254 g/mol. The summed E-state index contributed by atoms with van der Waals surface area (Å²) >= 11 is 0. The van der Waals surface area contributed by atoms with E-state index in [0.29, 0.717) is 6.54 Å². The lowest BCUT2D eigenvalue weighted by Crippen LogP contribution is -2.46. The van der Waals surface area contributed by atoms with E-state index in [0.717, 1.165) is 13.0 Å². The highest BCUT2D eigenvalue weighted by atomic mass is 15.0. The van der Waals surface area contributed by atoms with Crippen molar-refractivity contribution in [3.63, 3.8) is 0 Å². The van der Waals surface area contributed by atoms with Crippen molar-refractivity contribution in [1.82, 2.24) is 5.32 Å². The molecule has 0 saturated carbocycles. The van der Waals surface area contributed by atoms with Crippen molar-refractivity contribution >= 4 is 0 Å². The molecule has 1 unspecified atom stereocenters. The van der Waals surface area contributed by atoms with E-state index < -0.39 is 0 Å². The molecule has 2 aromatic rings. The maximum atomic E-state index is 5.96. The molecule has 0 aliphatic carbocycles. The zero-order chi connectivity index (χ0) is 13.6. The molecule has 2 rings (SSSR count). The fourth-order valence-electron chi connectivity index (χ4n) is 2.23. The van der Waals surface area contributed by atoms with Crippen molar-refractivity contribution in [2.45, 2.75) is 18.9 Å². The van der Waals surface area contributed by atoms with Crippen molar-refractivity contribution in [3.8, 4) is 0 Å². The van der Waals surface area contributed by atoms with E-state index in [-0.39, 0.29) is 5.54 Å². The third-order valence-electron chi connectivity index (χ3n) is 3.59. The first-order valence-electron chi connectivity index (χ1n) is 6.79. The largest absolute Gasteiger partial charge is 0.328 e. The van der Waals surface area contributed by atoms with Gasteiger partial charge in [-0.2, -0.15) is 0 Å². The second kappa shape index (κ2) is 6.50. The standard InChI is InChI=1S/C17H22N2/c1-17(14-18,16-10-6-3-7-11-16)19-13-12-15-8-4-2-5-9-15/h2-11,19H,12-14,18H2,1H3. The van der Waals surface area contributed by atoms with Crippen molar-refractivity contribution in [2.24, 2.45) is 5.73 Å². The van der Waals surface area contributed by atoms with Crippen molar-refractivity contribution in [3.05, 3.63) is 71.8 Å². The van der Waals surface area contributed by atoms with Gasteiger partial charge in [0.25, 0.3) is 0 Å². The molecule has 2 nitrogen and oxygen atoms in total. The third kappa shape index (κ3) is 3.66. The summed E-state index contributed by atoms with van der Waals surface area (Å²) in [4.78, 5) is 0. The van der Waals surface area contributed by atoms with Crippen molar-refractivity contribution in [1.29, 1.82) is 0 Å². The summed E-state index contributed by atoms with van der Waals surface area (Å²) < 4.78 is 0. The van der Waals surface area contributed by atoms with E-state index in [4.69, 9.17) is 5.73 Å². The summed E-state index contributed by atoms with van der Waals surface area (Å²) in [6.45, 7) is 3.67. The highest BCUT2D eigenvalue weighted by molar-refractivity contribution is 5.24. The molecule has 1 atom stereocenters. The van der Waals surface area contributed by atoms with Crippen LogP contribution in [-0.2, 0) is 12.0 Å². The van der Waals surface area contributed by atoms with Gasteiger partial charge in [0.05, 0.1) is 5.54 Å². The predicted octanol–water partition coefficient (Wildman–Crippen LogP) is 2.69. The molecule has 0 fully saturated rings. The van der Waals surface area contributed by atoms with E-state index in [9.17, 15) is 0 Å². The average Bonchev–Trinajstić information content (AvgIpc) is 2.49. The summed E-state index contributed by atoms with van der Waals surface area (Å²) in [7, 11) is 0. The summed E-state index contributed by atoms with van der Waals surface area (Å²) in [5.41, 5.74) is 8.39. The molecule has 0 amide bonds. The Morgan fingerprint density at radius 3 is 2.11 bits per heavy atom. The summed E-state index contributed by atoms with van der Waals surface area (Å²) in [6, 6.07) is 20.9. The molecular weight excluding hydrogens is 232 g/mol. The summed E-state index contributed by atoms with van der Waals surface area (Å²) in [5, 5.41) is 3.59. The van der Waals surface area contributed by atoms with Crippen molar-refractivity contribution in [2.75, 3.05) is 13.1 Å². The van der Waals surface area contributed by atoms with E-state index in [1.165, 1.54) is 11.1 Å². The molecule has 100 valence electrons. The van der Waals surface area contributed by atoms with Crippen LogP contribution in [0.2, 0.25) is 0 Å². The molecule has 0 heterocycles. The van der Waals surface area contributed by atoms with Gasteiger partial charge in [-0.15, -0.1) is 0 Å². The van der Waals surface area contributed by atoms with Gasteiger partial charge in [-0.1, -0.05) is 60.7 Å². The Hall–Kier alpha value is -1.64. The number of hydrogen-bond acceptors (Lipinski definition) is 2. The van der Waals surface area contributed by atoms with E-state index in [1.54, 1.807) is 0 Å².